The molecule has 0 fully saturated rings. The molecular formula is C39H40ClNO6. The summed E-state index contributed by atoms with van der Waals surface area (Å²) in [6.45, 7) is 9.23. The monoisotopic (exact) mass is 653 g/mol. The van der Waals surface area contributed by atoms with Crippen molar-refractivity contribution in [1.82, 2.24) is 4.90 Å². The summed E-state index contributed by atoms with van der Waals surface area (Å²) in [5.41, 5.74) is 5.58. The Labute approximate surface area is 280 Å². The number of hydrogen-bond acceptors (Lipinski definition) is 6. The maximum absolute atomic E-state index is 14.2. The minimum atomic E-state index is -1.000. The molecule has 1 N–H and O–H groups in total. The molecule has 0 radical (unpaired) electrons. The summed E-state index contributed by atoms with van der Waals surface area (Å²) in [5, 5.41) is 9.51. The van der Waals surface area contributed by atoms with Crippen molar-refractivity contribution >= 4 is 29.1 Å². The fourth-order valence-corrected chi connectivity index (χ4v) is 7.56. The Morgan fingerprint density at radius 1 is 0.851 bits per heavy atom. The van der Waals surface area contributed by atoms with Gasteiger partial charge < -0.3 is 19.5 Å². The van der Waals surface area contributed by atoms with Crippen molar-refractivity contribution in [2.45, 2.75) is 72.4 Å². The van der Waals surface area contributed by atoms with Gasteiger partial charge in [-0.15, -0.1) is 0 Å². The summed E-state index contributed by atoms with van der Waals surface area (Å²) in [7, 11) is 1.53. The van der Waals surface area contributed by atoms with E-state index in [4.69, 9.17) is 21.1 Å². The van der Waals surface area contributed by atoms with E-state index in [9.17, 15) is 19.5 Å². The van der Waals surface area contributed by atoms with Gasteiger partial charge in [-0.25, -0.2) is 4.79 Å². The number of methoxy groups -OCH3 is 1. The van der Waals surface area contributed by atoms with Gasteiger partial charge >= 0.3 is 5.97 Å². The molecule has 0 saturated carbocycles. The highest BCUT2D eigenvalue weighted by molar-refractivity contribution is 6.32. The maximum Gasteiger partial charge on any atom is 0.335 e. The molecule has 0 atom stereocenters. The van der Waals surface area contributed by atoms with Crippen LogP contribution in [0.3, 0.4) is 0 Å². The molecule has 2 aliphatic carbocycles. The first kappa shape index (κ1) is 32.6. The molecule has 6 rings (SSSR count). The number of hydrogen-bond donors (Lipinski definition) is 1. The number of ketones is 2. The Kier molecular flexibility index (Phi) is 8.56. The normalized spacial score (nSPS) is 19.0. The first-order valence-corrected chi connectivity index (χ1v) is 16.3. The van der Waals surface area contributed by atoms with Gasteiger partial charge in [-0.05, 0) is 64.6 Å². The van der Waals surface area contributed by atoms with Crippen LogP contribution in [0.5, 0.6) is 11.5 Å². The molecular weight excluding hydrogens is 614 g/mol. The summed E-state index contributed by atoms with van der Waals surface area (Å²) in [5.74, 6) is -0.772. The molecule has 0 unspecified atom stereocenters. The van der Waals surface area contributed by atoms with Crippen LogP contribution in [0.1, 0.15) is 86.3 Å². The largest absolute Gasteiger partial charge is 0.493 e. The third-order valence-corrected chi connectivity index (χ3v) is 9.66. The van der Waals surface area contributed by atoms with Crippen LogP contribution >= 0.6 is 11.6 Å². The number of aromatic carboxylic acids is 1. The zero-order valence-corrected chi connectivity index (χ0v) is 28.2. The summed E-state index contributed by atoms with van der Waals surface area (Å²) >= 11 is 6.92. The number of carbonyl (C=O) groups excluding carboxylic acids is 2. The quantitative estimate of drug-likeness (QED) is 0.260. The van der Waals surface area contributed by atoms with Gasteiger partial charge in [-0.3, -0.25) is 9.59 Å². The highest BCUT2D eigenvalue weighted by atomic mass is 35.5. The minimum absolute atomic E-state index is 0.0451. The lowest BCUT2D eigenvalue weighted by atomic mass is 9.63. The Morgan fingerprint density at radius 3 is 1.96 bits per heavy atom. The van der Waals surface area contributed by atoms with Crippen LogP contribution in [-0.2, 0) is 22.7 Å². The molecule has 0 amide bonds. The summed E-state index contributed by atoms with van der Waals surface area (Å²) < 4.78 is 11.9. The van der Waals surface area contributed by atoms with Gasteiger partial charge in [0.15, 0.2) is 23.1 Å². The van der Waals surface area contributed by atoms with E-state index in [1.54, 1.807) is 18.2 Å². The lowest BCUT2D eigenvalue weighted by molar-refractivity contribution is -0.119. The number of carbonyl (C=O) groups is 3. The fraction of sp³-hybridized carbons (Fsp3) is 0.359. The molecule has 0 bridgehead atoms. The van der Waals surface area contributed by atoms with Gasteiger partial charge in [-0.1, -0.05) is 81.8 Å². The molecule has 3 aromatic carbocycles. The number of benzene rings is 3. The number of nitrogens with zero attached hydrogens (tertiary/aromatic N) is 1. The zero-order valence-electron chi connectivity index (χ0n) is 27.5. The molecule has 47 heavy (non-hydrogen) atoms. The van der Waals surface area contributed by atoms with Crippen LogP contribution in [0, 0.1) is 10.8 Å². The van der Waals surface area contributed by atoms with E-state index >= 15 is 0 Å². The van der Waals surface area contributed by atoms with Crippen molar-refractivity contribution in [3.05, 3.63) is 117 Å². The second kappa shape index (κ2) is 12.3. The molecule has 0 aromatic heterocycles. The SMILES string of the molecule is COc1cc(C2C3=C(CC(C)(C)CC3=O)N(Cc3ccccc3)C3=C2C(=O)CC(C)(C)C3)cc(Cl)c1OCc1ccc(C(=O)O)cc1. The molecule has 7 nitrogen and oxygen atoms in total. The van der Waals surface area contributed by atoms with Crippen LogP contribution in [0.15, 0.2) is 89.3 Å². The second-order valence-corrected chi connectivity index (χ2v) is 14.8. The highest BCUT2D eigenvalue weighted by Gasteiger charge is 2.49. The summed E-state index contributed by atoms with van der Waals surface area (Å²) in [4.78, 5) is 42.0. The molecule has 0 saturated heterocycles. The standard InChI is InChI=1S/C39H40ClNO6/c1-38(2)17-28-34(30(42)19-38)33(35-29(18-39(3,4)20-31(35)43)41(28)21-23-9-7-6-8-10-23)26-15-27(40)36(32(16-26)46-5)47-22-24-11-13-25(14-12-24)37(44)45/h6-16,33H,17-22H2,1-5H3,(H,44,45). The molecule has 244 valence electrons. The predicted octanol–water partition coefficient (Wildman–Crippen LogP) is 8.51. The van der Waals surface area contributed by atoms with E-state index in [0.717, 1.165) is 22.5 Å². The van der Waals surface area contributed by atoms with E-state index in [1.165, 1.54) is 19.2 Å². The molecule has 3 aliphatic rings. The van der Waals surface area contributed by atoms with Gasteiger partial charge in [0, 0.05) is 47.8 Å². The Bertz CT molecular complexity index is 1770. The first-order chi connectivity index (χ1) is 22.3. The van der Waals surface area contributed by atoms with Gasteiger partial charge in [0.1, 0.15) is 6.61 Å². The minimum Gasteiger partial charge on any atom is -0.493 e. The topological polar surface area (TPSA) is 93.1 Å². The molecule has 8 heteroatoms. The summed E-state index contributed by atoms with van der Waals surface area (Å²) in [6, 6.07) is 20.2. The number of carboxylic acid groups (broad SMARTS) is 1. The molecule has 1 heterocycles. The fourth-order valence-electron chi connectivity index (χ4n) is 7.28. The third kappa shape index (κ3) is 6.46. The second-order valence-electron chi connectivity index (χ2n) is 14.4. The number of halogens is 1. The Morgan fingerprint density at radius 2 is 1.43 bits per heavy atom. The maximum atomic E-state index is 14.2. The van der Waals surface area contributed by atoms with Crippen molar-refractivity contribution < 1.29 is 29.0 Å². The zero-order chi connectivity index (χ0) is 33.7. The van der Waals surface area contributed by atoms with E-state index in [1.807, 2.05) is 24.3 Å². The van der Waals surface area contributed by atoms with Gasteiger partial charge in [0.2, 0.25) is 0 Å². The van der Waals surface area contributed by atoms with Crippen molar-refractivity contribution in [3.63, 3.8) is 0 Å². The number of carboxylic acids is 1. The number of Topliss-reactive ketones (excluding diaryl/α,β-unsaturated/α-hetero) is 2. The van der Waals surface area contributed by atoms with Crippen molar-refractivity contribution in [1.29, 1.82) is 0 Å². The van der Waals surface area contributed by atoms with Gasteiger partial charge in [0.25, 0.3) is 0 Å². The van der Waals surface area contributed by atoms with Crippen LogP contribution < -0.4 is 9.47 Å². The average Bonchev–Trinajstić information content (AvgIpc) is 3.00. The van der Waals surface area contributed by atoms with E-state index in [2.05, 4.69) is 44.7 Å². The van der Waals surface area contributed by atoms with Crippen LogP contribution in [0.2, 0.25) is 5.02 Å². The van der Waals surface area contributed by atoms with Crippen LogP contribution in [0.25, 0.3) is 0 Å². The smallest absolute Gasteiger partial charge is 0.335 e. The molecule has 1 aliphatic heterocycles. The van der Waals surface area contributed by atoms with E-state index < -0.39 is 11.9 Å². The Hall–Kier alpha value is -4.36. The van der Waals surface area contributed by atoms with E-state index in [0.29, 0.717) is 65.5 Å². The van der Waals surface area contributed by atoms with Crippen LogP contribution in [0.4, 0.5) is 0 Å². The van der Waals surface area contributed by atoms with Crippen molar-refractivity contribution in [2.24, 2.45) is 10.8 Å². The van der Waals surface area contributed by atoms with Crippen molar-refractivity contribution in [2.75, 3.05) is 7.11 Å². The molecule has 0 spiro atoms. The van der Waals surface area contributed by atoms with Gasteiger partial charge in [0.05, 0.1) is 17.7 Å². The van der Waals surface area contributed by atoms with E-state index in [-0.39, 0.29) is 34.6 Å². The number of allylic oxidation sites excluding steroid dienone is 4. The van der Waals surface area contributed by atoms with Crippen molar-refractivity contribution in [3.8, 4) is 11.5 Å². The highest BCUT2D eigenvalue weighted by Crippen LogP contribution is 2.55. The van der Waals surface area contributed by atoms with Gasteiger partial charge in [-0.2, -0.15) is 0 Å². The predicted molar refractivity (Wildman–Crippen MR) is 181 cm³/mol. The lowest BCUT2D eigenvalue weighted by Gasteiger charge is -2.49. The molecule has 3 aromatic rings. The lowest BCUT2D eigenvalue weighted by Crippen LogP contribution is -2.44. The summed E-state index contributed by atoms with van der Waals surface area (Å²) in [6.07, 6.45) is 2.18. The Balaban J connectivity index is 1.47. The average molecular weight is 654 g/mol. The van der Waals surface area contributed by atoms with Crippen LogP contribution in [-0.4, -0.2) is 34.7 Å². The first-order valence-electron chi connectivity index (χ1n) is 15.9. The number of ether oxygens (including phenoxy) is 2. The number of rotatable bonds is 8. The third-order valence-electron chi connectivity index (χ3n) is 9.37.